The summed E-state index contributed by atoms with van der Waals surface area (Å²) in [7, 11) is 0. The summed E-state index contributed by atoms with van der Waals surface area (Å²) < 4.78 is 13.2. The SMILES string of the molecule is Cc1ncnc(NC[C@H](C)O)c1F. The number of rotatable bonds is 3. The number of aromatic nitrogens is 2. The van der Waals surface area contributed by atoms with E-state index in [4.69, 9.17) is 5.11 Å². The van der Waals surface area contributed by atoms with Crippen molar-refractivity contribution in [3.05, 3.63) is 17.8 Å². The molecule has 0 spiro atoms. The topological polar surface area (TPSA) is 58.0 Å². The van der Waals surface area contributed by atoms with E-state index in [9.17, 15) is 4.39 Å². The van der Waals surface area contributed by atoms with Crippen molar-refractivity contribution in [1.82, 2.24) is 9.97 Å². The van der Waals surface area contributed by atoms with Gasteiger partial charge in [-0.3, -0.25) is 0 Å². The number of aliphatic hydroxyl groups excluding tert-OH is 1. The Morgan fingerprint density at radius 1 is 1.62 bits per heavy atom. The first-order chi connectivity index (χ1) is 6.11. The number of aliphatic hydroxyl groups is 1. The number of hydrogen-bond donors (Lipinski definition) is 2. The minimum absolute atomic E-state index is 0.133. The highest BCUT2D eigenvalue weighted by Crippen LogP contribution is 2.10. The Bertz CT molecular complexity index is 291. The second kappa shape index (κ2) is 4.13. The molecule has 0 aromatic carbocycles. The van der Waals surface area contributed by atoms with Crippen molar-refractivity contribution in [2.24, 2.45) is 0 Å². The summed E-state index contributed by atoms with van der Waals surface area (Å²) in [5.74, 6) is -0.337. The molecular formula is C8H12FN3O. The molecular weight excluding hydrogens is 173 g/mol. The van der Waals surface area contributed by atoms with Gasteiger partial charge in [0.25, 0.3) is 0 Å². The molecule has 0 amide bonds. The van der Waals surface area contributed by atoms with E-state index in [0.29, 0.717) is 5.69 Å². The second-order valence-corrected chi connectivity index (χ2v) is 2.85. The molecule has 0 bridgehead atoms. The lowest BCUT2D eigenvalue weighted by atomic mass is 10.3. The van der Waals surface area contributed by atoms with Gasteiger partial charge >= 0.3 is 0 Å². The molecule has 0 aliphatic rings. The third kappa shape index (κ3) is 2.62. The minimum atomic E-state index is -0.533. The van der Waals surface area contributed by atoms with Crippen LogP contribution < -0.4 is 5.32 Å². The quantitative estimate of drug-likeness (QED) is 0.728. The van der Waals surface area contributed by atoms with E-state index in [1.165, 1.54) is 6.33 Å². The Morgan fingerprint density at radius 2 is 2.31 bits per heavy atom. The summed E-state index contributed by atoms with van der Waals surface area (Å²) in [6.45, 7) is 3.44. The molecule has 1 atom stereocenters. The molecule has 0 saturated carbocycles. The summed E-state index contributed by atoms with van der Waals surface area (Å²) in [5, 5.41) is 11.6. The maximum atomic E-state index is 13.2. The lowest BCUT2D eigenvalue weighted by Gasteiger charge is -2.08. The number of nitrogens with zero attached hydrogens (tertiary/aromatic N) is 2. The van der Waals surface area contributed by atoms with Crippen LogP contribution in [0.4, 0.5) is 10.2 Å². The fourth-order valence-corrected chi connectivity index (χ4v) is 0.826. The van der Waals surface area contributed by atoms with E-state index in [1.54, 1.807) is 13.8 Å². The fourth-order valence-electron chi connectivity index (χ4n) is 0.826. The Labute approximate surface area is 75.8 Å². The number of anilines is 1. The molecule has 1 aromatic heterocycles. The van der Waals surface area contributed by atoms with Crippen molar-refractivity contribution >= 4 is 5.82 Å². The van der Waals surface area contributed by atoms with Crippen LogP contribution in [0.5, 0.6) is 0 Å². The molecule has 0 unspecified atom stereocenters. The molecule has 0 radical (unpaired) electrons. The van der Waals surface area contributed by atoms with Gasteiger partial charge in [0.2, 0.25) is 0 Å². The molecule has 4 nitrogen and oxygen atoms in total. The van der Waals surface area contributed by atoms with Gasteiger partial charge < -0.3 is 10.4 Å². The third-order valence-corrected chi connectivity index (χ3v) is 1.53. The van der Waals surface area contributed by atoms with Crippen molar-refractivity contribution in [3.63, 3.8) is 0 Å². The zero-order chi connectivity index (χ0) is 9.84. The highest BCUT2D eigenvalue weighted by Gasteiger charge is 2.07. The molecule has 1 aromatic rings. The molecule has 5 heteroatoms. The average molecular weight is 185 g/mol. The molecule has 0 aliphatic heterocycles. The zero-order valence-corrected chi connectivity index (χ0v) is 7.58. The van der Waals surface area contributed by atoms with E-state index in [2.05, 4.69) is 15.3 Å². The van der Waals surface area contributed by atoms with E-state index >= 15 is 0 Å². The molecule has 13 heavy (non-hydrogen) atoms. The first-order valence-electron chi connectivity index (χ1n) is 4.00. The number of nitrogens with one attached hydrogen (secondary N) is 1. The van der Waals surface area contributed by atoms with Crippen LogP contribution in [0, 0.1) is 12.7 Å². The lowest BCUT2D eigenvalue weighted by Crippen LogP contribution is -2.17. The summed E-state index contributed by atoms with van der Waals surface area (Å²) >= 11 is 0. The third-order valence-electron chi connectivity index (χ3n) is 1.53. The molecule has 0 fully saturated rings. The van der Waals surface area contributed by atoms with Gasteiger partial charge in [0.1, 0.15) is 6.33 Å². The van der Waals surface area contributed by atoms with Crippen molar-refractivity contribution in [1.29, 1.82) is 0 Å². The standard InChI is InChI=1S/C8H12FN3O/c1-5(13)3-10-8-7(9)6(2)11-4-12-8/h4-5,13H,3H2,1-2H3,(H,10,11,12)/t5-/m0/s1. The van der Waals surface area contributed by atoms with Gasteiger partial charge in [-0.2, -0.15) is 0 Å². The summed E-state index contributed by atoms with van der Waals surface area (Å²) in [5.41, 5.74) is 0.295. The van der Waals surface area contributed by atoms with Crippen molar-refractivity contribution in [3.8, 4) is 0 Å². The van der Waals surface area contributed by atoms with Crippen molar-refractivity contribution in [2.75, 3.05) is 11.9 Å². The average Bonchev–Trinajstić information content (AvgIpc) is 2.07. The maximum Gasteiger partial charge on any atom is 0.186 e. The lowest BCUT2D eigenvalue weighted by molar-refractivity contribution is 0.208. The van der Waals surface area contributed by atoms with Crippen LogP contribution in [-0.4, -0.2) is 27.7 Å². The number of halogens is 1. The zero-order valence-electron chi connectivity index (χ0n) is 7.58. The Hall–Kier alpha value is -1.23. The molecule has 72 valence electrons. The van der Waals surface area contributed by atoms with Crippen LogP contribution in [-0.2, 0) is 0 Å². The van der Waals surface area contributed by atoms with Crippen LogP contribution in [0.15, 0.2) is 6.33 Å². The van der Waals surface area contributed by atoms with Crippen LogP contribution in [0.25, 0.3) is 0 Å². The van der Waals surface area contributed by atoms with E-state index < -0.39 is 11.9 Å². The predicted molar refractivity (Wildman–Crippen MR) is 46.9 cm³/mol. The number of hydrogen-bond acceptors (Lipinski definition) is 4. The summed E-state index contributed by atoms with van der Waals surface area (Å²) in [6.07, 6.45) is 0.748. The number of aryl methyl sites for hydroxylation is 1. The second-order valence-electron chi connectivity index (χ2n) is 2.85. The van der Waals surface area contributed by atoms with Crippen LogP contribution in [0.3, 0.4) is 0 Å². The van der Waals surface area contributed by atoms with Gasteiger partial charge in [-0.05, 0) is 13.8 Å². The molecule has 0 saturated heterocycles. The molecule has 2 N–H and O–H groups in total. The van der Waals surface area contributed by atoms with E-state index in [1.807, 2.05) is 0 Å². The largest absolute Gasteiger partial charge is 0.392 e. The van der Waals surface area contributed by atoms with Crippen molar-refractivity contribution < 1.29 is 9.50 Å². The first kappa shape index (κ1) is 9.85. The monoisotopic (exact) mass is 185 g/mol. The fraction of sp³-hybridized carbons (Fsp3) is 0.500. The Balaban J connectivity index is 2.71. The minimum Gasteiger partial charge on any atom is -0.392 e. The smallest absolute Gasteiger partial charge is 0.186 e. The molecule has 0 aliphatic carbocycles. The van der Waals surface area contributed by atoms with Gasteiger partial charge in [0.05, 0.1) is 11.8 Å². The van der Waals surface area contributed by atoms with Gasteiger partial charge in [0.15, 0.2) is 11.6 Å². The normalized spacial score (nSPS) is 12.6. The molecule has 1 heterocycles. The summed E-state index contributed by atoms with van der Waals surface area (Å²) in [6, 6.07) is 0. The highest BCUT2D eigenvalue weighted by atomic mass is 19.1. The van der Waals surface area contributed by atoms with E-state index in [0.717, 1.165) is 0 Å². The van der Waals surface area contributed by atoms with Crippen LogP contribution >= 0.6 is 0 Å². The van der Waals surface area contributed by atoms with Gasteiger partial charge in [-0.1, -0.05) is 0 Å². The van der Waals surface area contributed by atoms with Crippen LogP contribution in [0.1, 0.15) is 12.6 Å². The Morgan fingerprint density at radius 3 is 2.92 bits per heavy atom. The molecule has 1 rings (SSSR count). The maximum absolute atomic E-state index is 13.2. The van der Waals surface area contributed by atoms with Crippen LogP contribution in [0.2, 0.25) is 0 Å². The highest BCUT2D eigenvalue weighted by molar-refractivity contribution is 5.36. The van der Waals surface area contributed by atoms with Gasteiger partial charge in [0, 0.05) is 6.54 Å². The van der Waals surface area contributed by atoms with Gasteiger partial charge in [-0.25, -0.2) is 14.4 Å². The first-order valence-corrected chi connectivity index (χ1v) is 4.00. The van der Waals surface area contributed by atoms with Crippen molar-refractivity contribution in [2.45, 2.75) is 20.0 Å². The Kier molecular flexibility index (Phi) is 3.13. The van der Waals surface area contributed by atoms with E-state index in [-0.39, 0.29) is 12.4 Å². The van der Waals surface area contributed by atoms with Gasteiger partial charge in [-0.15, -0.1) is 0 Å². The predicted octanol–water partition coefficient (Wildman–Crippen LogP) is 0.717. The summed E-state index contributed by atoms with van der Waals surface area (Å²) in [4.78, 5) is 7.38.